The number of benzene rings is 3. The second-order valence-electron chi connectivity index (χ2n) is 11.2. The summed E-state index contributed by atoms with van der Waals surface area (Å²) in [7, 11) is 1.22. The fourth-order valence-electron chi connectivity index (χ4n) is 5.55. The van der Waals surface area contributed by atoms with Gasteiger partial charge >= 0.3 is 0 Å². The van der Waals surface area contributed by atoms with Crippen LogP contribution >= 0.6 is 24.0 Å². The zero-order valence-corrected chi connectivity index (χ0v) is 26.6. The number of sulfone groups is 1. The van der Waals surface area contributed by atoms with E-state index in [4.69, 9.17) is 17.3 Å². The third-order valence-corrected chi connectivity index (χ3v) is 9.05. The van der Waals surface area contributed by atoms with Gasteiger partial charge in [0.15, 0.2) is 9.84 Å². The average molecular weight is 629 g/mol. The highest BCUT2D eigenvalue weighted by atomic mass is 35.5. The van der Waals surface area contributed by atoms with Crippen LogP contribution in [-0.2, 0) is 21.2 Å². The Labute approximate surface area is 256 Å². The van der Waals surface area contributed by atoms with Crippen LogP contribution in [-0.4, -0.2) is 58.1 Å². The molecule has 40 heavy (non-hydrogen) atoms. The van der Waals surface area contributed by atoms with Gasteiger partial charge in [-0.1, -0.05) is 42.8 Å². The number of unbranched alkanes of at least 4 members (excludes halogenated alkanes) is 3. The SMILES string of the molecule is C[N+](C)(CCCCCCC(=O)N1CC(CCl)c2c1cc(N)c1ccccc21)Cc1ccc(S(C)(=O)=O)cc1.Cl.[Cl-]. The standard InChI is InChI=1S/C30H39ClN3O3S.2ClH/c1-34(2,21-22-13-15-24(16-14-22)38(3,36)37)17-9-5-4-6-12-29(35)33-20-23(19-31)30-26-11-8-7-10-25(26)27(32)18-28(30)33;;/h7-8,10-11,13-16,18,23H,4-6,9,12,17,19-21,32H2,1-3H3;2*1H/q+1;;/p-1. The van der Waals surface area contributed by atoms with E-state index in [1.807, 2.05) is 41.3 Å². The van der Waals surface area contributed by atoms with Gasteiger partial charge in [0.2, 0.25) is 5.91 Å². The predicted octanol–water partition coefficient (Wildman–Crippen LogP) is 3.15. The average Bonchev–Trinajstić information content (AvgIpc) is 3.24. The molecule has 0 radical (unpaired) electrons. The number of nitrogens with two attached hydrogens (primary N) is 1. The summed E-state index contributed by atoms with van der Waals surface area (Å²) in [5.74, 6) is 0.728. The lowest BCUT2D eigenvalue weighted by molar-refractivity contribution is -0.903. The maximum atomic E-state index is 13.2. The highest BCUT2D eigenvalue weighted by Crippen LogP contribution is 2.44. The molecule has 0 bridgehead atoms. The molecule has 0 fully saturated rings. The van der Waals surface area contributed by atoms with Gasteiger partial charge in [0.25, 0.3) is 0 Å². The molecule has 0 aromatic heterocycles. The summed E-state index contributed by atoms with van der Waals surface area (Å²) in [6.07, 6.45) is 5.76. The van der Waals surface area contributed by atoms with Crippen LogP contribution in [0.2, 0.25) is 0 Å². The largest absolute Gasteiger partial charge is 1.00 e. The van der Waals surface area contributed by atoms with E-state index in [9.17, 15) is 13.2 Å². The Morgan fingerprint density at radius 3 is 2.27 bits per heavy atom. The topological polar surface area (TPSA) is 80.5 Å². The quantitative estimate of drug-likeness (QED) is 0.153. The van der Waals surface area contributed by atoms with Crippen molar-refractivity contribution in [3.05, 3.63) is 65.7 Å². The summed E-state index contributed by atoms with van der Waals surface area (Å²) in [5, 5.41) is 2.11. The van der Waals surface area contributed by atoms with Gasteiger partial charge in [-0.2, -0.15) is 0 Å². The summed E-state index contributed by atoms with van der Waals surface area (Å²) in [4.78, 5) is 15.4. The van der Waals surface area contributed by atoms with Crippen molar-refractivity contribution in [2.24, 2.45) is 0 Å². The zero-order chi connectivity index (χ0) is 27.5. The Hall–Kier alpha value is -2.03. The molecule has 1 atom stereocenters. The molecule has 3 aromatic rings. The number of hydrogen-bond acceptors (Lipinski definition) is 4. The molecule has 1 heterocycles. The molecule has 4 rings (SSSR count). The Morgan fingerprint density at radius 2 is 1.65 bits per heavy atom. The normalized spacial score (nSPS) is 14.9. The number of hydrogen-bond donors (Lipinski definition) is 1. The van der Waals surface area contributed by atoms with E-state index in [0.717, 1.165) is 70.8 Å². The number of amides is 1. The van der Waals surface area contributed by atoms with E-state index in [0.29, 0.717) is 29.4 Å². The van der Waals surface area contributed by atoms with Gasteiger partial charge in [-0.05, 0) is 48.4 Å². The molecule has 3 aromatic carbocycles. The minimum absolute atomic E-state index is 0. The Kier molecular flexibility index (Phi) is 12.2. The number of nitrogens with zero attached hydrogens (tertiary/aromatic N) is 2. The number of carbonyl (C=O) groups is 1. The molecule has 1 unspecified atom stereocenters. The third kappa shape index (κ3) is 8.04. The van der Waals surface area contributed by atoms with Crippen LogP contribution in [0.1, 0.15) is 49.1 Å². The maximum absolute atomic E-state index is 13.2. The molecule has 1 aliphatic rings. The van der Waals surface area contributed by atoms with Crippen LogP contribution in [0.3, 0.4) is 0 Å². The van der Waals surface area contributed by atoms with E-state index in [-0.39, 0.29) is 36.6 Å². The van der Waals surface area contributed by atoms with E-state index >= 15 is 0 Å². The Morgan fingerprint density at radius 1 is 1.02 bits per heavy atom. The second-order valence-corrected chi connectivity index (χ2v) is 13.5. The van der Waals surface area contributed by atoms with Gasteiger partial charge in [-0.3, -0.25) is 4.79 Å². The minimum atomic E-state index is -3.17. The van der Waals surface area contributed by atoms with Gasteiger partial charge in [0.1, 0.15) is 6.54 Å². The van der Waals surface area contributed by atoms with Crippen LogP contribution in [0.5, 0.6) is 0 Å². The summed E-state index contributed by atoms with van der Waals surface area (Å²) in [6, 6.07) is 17.2. The first-order valence-corrected chi connectivity index (χ1v) is 15.7. The van der Waals surface area contributed by atoms with Crippen LogP contribution < -0.4 is 23.0 Å². The third-order valence-electron chi connectivity index (χ3n) is 7.55. The number of carbonyl (C=O) groups excluding carboxylic acids is 1. The van der Waals surface area contributed by atoms with Gasteiger partial charge in [0, 0.05) is 53.3 Å². The number of fused-ring (bicyclic) bond motifs is 3. The van der Waals surface area contributed by atoms with E-state index in [1.165, 1.54) is 6.26 Å². The summed E-state index contributed by atoms with van der Waals surface area (Å²) >= 11 is 6.33. The summed E-state index contributed by atoms with van der Waals surface area (Å²) in [5.41, 5.74) is 10.2. The van der Waals surface area contributed by atoms with Crippen molar-refractivity contribution >= 4 is 61.9 Å². The van der Waals surface area contributed by atoms with Gasteiger partial charge in [0.05, 0.1) is 25.5 Å². The maximum Gasteiger partial charge on any atom is 0.227 e. The molecular formula is C30H40Cl3N3O3S. The molecule has 2 N–H and O–H groups in total. The molecule has 10 heteroatoms. The molecule has 1 amide bonds. The Balaban J connectivity index is 0.00000280. The number of nitrogen functional groups attached to an aromatic ring is 1. The van der Waals surface area contributed by atoms with Crippen molar-refractivity contribution in [1.29, 1.82) is 0 Å². The predicted molar refractivity (Wildman–Crippen MR) is 165 cm³/mol. The van der Waals surface area contributed by atoms with Crippen LogP contribution in [0.4, 0.5) is 11.4 Å². The van der Waals surface area contributed by atoms with Gasteiger partial charge in [-0.25, -0.2) is 8.42 Å². The van der Waals surface area contributed by atoms with E-state index in [1.54, 1.807) is 12.1 Å². The van der Waals surface area contributed by atoms with Crippen molar-refractivity contribution in [3.8, 4) is 0 Å². The molecule has 0 saturated heterocycles. The molecule has 6 nitrogen and oxygen atoms in total. The van der Waals surface area contributed by atoms with E-state index < -0.39 is 9.84 Å². The van der Waals surface area contributed by atoms with Crippen molar-refractivity contribution in [2.75, 3.05) is 50.0 Å². The Bertz CT molecular complexity index is 1410. The first kappa shape index (κ1) is 34.2. The lowest BCUT2D eigenvalue weighted by Gasteiger charge is -2.30. The minimum Gasteiger partial charge on any atom is -1.00 e. The number of rotatable bonds is 11. The number of alkyl halides is 1. The lowest BCUT2D eigenvalue weighted by atomic mass is 9.95. The number of quaternary nitrogens is 1. The molecule has 0 aliphatic carbocycles. The van der Waals surface area contributed by atoms with Gasteiger partial charge in [-0.15, -0.1) is 24.0 Å². The zero-order valence-electron chi connectivity index (χ0n) is 23.4. The van der Waals surface area contributed by atoms with Crippen LogP contribution in [0.25, 0.3) is 10.8 Å². The fraction of sp³-hybridized carbons (Fsp3) is 0.433. The molecule has 1 aliphatic heterocycles. The highest BCUT2D eigenvalue weighted by Gasteiger charge is 2.33. The van der Waals surface area contributed by atoms with Crippen molar-refractivity contribution in [3.63, 3.8) is 0 Å². The van der Waals surface area contributed by atoms with Gasteiger partial charge < -0.3 is 27.5 Å². The highest BCUT2D eigenvalue weighted by molar-refractivity contribution is 7.90. The monoisotopic (exact) mass is 627 g/mol. The molecule has 0 saturated carbocycles. The molecular weight excluding hydrogens is 589 g/mol. The first-order chi connectivity index (χ1) is 18.0. The number of halogens is 3. The smallest absolute Gasteiger partial charge is 0.227 e. The summed E-state index contributed by atoms with van der Waals surface area (Å²) in [6.45, 7) is 2.48. The number of anilines is 2. The molecule has 0 spiro atoms. The van der Waals surface area contributed by atoms with Crippen LogP contribution in [0.15, 0.2) is 59.5 Å². The van der Waals surface area contributed by atoms with Crippen molar-refractivity contribution < 1.29 is 30.1 Å². The first-order valence-electron chi connectivity index (χ1n) is 13.3. The second kappa shape index (κ2) is 14.2. The summed E-state index contributed by atoms with van der Waals surface area (Å²) < 4.78 is 24.2. The van der Waals surface area contributed by atoms with E-state index in [2.05, 4.69) is 20.2 Å². The fourth-order valence-corrected chi connectivity index (χ4v) is 6.44. The van der Waals surface area contributed by atoms with Crippen LogP contribution in [0, 0.1) is 0 Å². The molecule has 220 valence electrons. The van der Waals surface area contributed by atoms with Crippen molar-refractivity contribution in [1.82, 2.24) is 0 Å². The van der Waals surface area contributed by atoms with Crippen molar-refractivity contribution in [2.45, 2.75) is 49.5 Å². The lowest BCUT2D eigenvalue weighted by Crippen LogP contribution is -3.00.